The number of carbonyl (C=O) groups is 2. The molecule has 1 fully saturated rings. The first-order valence-corrected chi connectivity index (χ1v) is 9.48. The molecule has 1 saturated heterocycles. The quantitative estimate of drug-likeness (QED) is 0.389. The summed E-state index contributed by atoms with van der Waals surface area (Å²) in [5.41, 5.74) is -1.89. The Morgan fingerprint density at radius 3 is 2.00 bits per heavy atom. The second-order valence-corrected chi connectivity index (χ2v) is 6.65. The Morgan fingerprint density at radius 1 is 1.03 bits per heavy atom. The number of nitrogens with one attached hydrogen (secondary N) is 2. The molecule has 0 aromatic heterocycles. The molecule has 0 aliphatic carbocycles. The number of piperidine rings is 1. The first kappa shape index (κ1) is 27.0. The van der Waals surface area contributed by atoms with Gasteiger partial charge in [0.05, 0.1) is 10.5 Å². The number of carbonyl (C=O) groups excluding carboxylic acids is 2. The minimum atomic E-state index is -5.28. The highest BCUT2D eigenvalue weighted by molar-refractivity contribution is 5.83. The number of halogens is 6. The van der Waals surface area contributed by atoms with Gasteiger partial charge in [0.25, 0.3) is 5.69 Å². The molecule has 1 aliphatic heterocycles. The summed E-state index contributed by atoms with van der Waals surface area (Å²) >= 11 is 0. The van der Waals surface area contributed by atoms with E-state index in [1.807, 2.05) is 13.8 Å². The first-order chi connectivity index (χ1) is 14.8. The Labute approximate surface area is 179 Å². The fourth-order valence-electron chi connectivity index (χ4n) is 3.07. The maximum atomic E-state index is 12.7. The van der Waals surface area contributed by atoms with E-state index in [2.05, 4.69) is 0 Å². The number of nitro groups is 1. The highest BCUT2D eigenvalue weighted by atomic mass is 19.4. The minimum Gasteiger partial charge on any atom is -0.366 e. The standard InChI is InChI=1S/C16H16F6N4O4.C2H6/c17-15(18,19)12(27)23-9-14(24-13(28)16(20,21)22)5-7-25(8-6-14)10-3-1-2-4-11(10)26(29)30;1-2/h1-4H,5-9H2,(H,23,27)(H,24,28);1-2H3. The molecule has 0 unspecified atom stereocenters. The van der Waals surface area contributed by atoms with Crippen LogP contribution in [0, 0.1) is 10.1 Å². The van der Waals surface area contributed by atoms with Crippen LogP contribution in [0.1, 0.15) is 26.7 Å². The number of amides is 2. The van der Waals surface area contributed by atoms with Gasteiger partial charge in [-0.25, -0.2) is 0 Å². The van der Waals surface area contributed by atoms with E-state index in [-0.39, 0.29) is 37.3 Å². The minimum absolute atomic E-state index is 0.106. The number of rotatable bonds is 5. The number of para-hydroxylation sites is 2. The van der Waals surface area contributed by atoms with Gasteiger partial charge in [0.2, 0.25) is 0 Å². The topological polar surface area (TPSA) is 105 Å². The Kier molecular flexibility index (Phi) is 8.85. The van der Waals surface area contributed by atoms with Crippen molar-refractivity contribution < 1.29 is 40.9 Å². The summed E-state index contributed by atoms with van der Waals surface area (Å²) in [5, 5.41) is 14.3. The third kappa shape index (κ3) is 6.99. The molecule has 2 N–H and O–H groups in total. The van der Waals surface area contributed by atoms with Crippen LogP contribution in [-0.2, 0) is 9.59 Å². The molecule has 8 nitrogen and oxygen atoms in total. The van der Waals surface area contributed by atoms with Crippen molar-refractivity contribution in [1.29, 1.82) is 0 Å². The molecule has 0 spiro atoms. The molecule has 0 atom stereocenters. The average molecular weight is 472 g/mol. The van der Waals surface area contributed by atoms with Gasteiger partial charge in [-0.3, -0.25) is 19.7 Å². The molecular weight excluding hydrogens is 450 g/mol. The van der Waals surface area contributed by atoms with Gasteiger partial charge in [-0.05, 0) is 18.9 Å². The molecule has 2 amide bonds. The maximum absolute atomic E-state index is 12.7. The lowest BCUT2D eigenvalue weighted by molar-refractivity contribution is -0.384. The second-order valence-electron chi connectivity index (χ2n) is 6.65. The molecule has 180 valence electrons. The van der Waals surface area contributed by atoms with E-state index < -0.39 is 41.2 Å². The van der Waals surface area contributed by atoms with Crippen molar-refractivity contribution in [3.63, 3.8) is 0 Å². The van der Waals surface area contributed by atoms with Crippen LogP contribution in [0.25, 0.3) is 0 Å². The van der Waals surface area contributed by atoms with Gasteiger partial charge in [0.1, 0.15) is 5.69 Å². The monoisotopic (exact) mass is 472 g/mol. The fourth-order valence-corrected chi connectivity index (χ4v) is 3.07. The molecule has 2 rings (SSSR count). The lowest BCUT2D eigenvalue weighted by atomic mass is 9.86. The van der Waals surface area contributed by atoms with Gasteiger partial charge in [-0.1, -0.05) is 26.0 Å². The van der Waals surface area contributed by atoms with Crippen LogP contribution in [0.15, 0.2) is 24.3 Å². The van der Waals surface area contributed by atoms with Crippen molar-refractivity contribution in [3.8, 4) is 0 Å². The van der Waals surface area contributed by atoms with Crippen LogP contribution in [0.4, 0.5) is 37.7 Å². The average Bonchev–Trinajstić information content (AvgIpc) is 2.72. The van der Waals surface area contributed by atoms with E-state index >= 15 is 0 Å². The van der Waals surface area contributed by atoms with Gasteiger partial charge < -0.3 is 15.5 Å². The Hall–Kier alpha value is -3.06. The molecule has 0 radical (unpaired) electrons. The van der Waals surface area contributed by atoms with Gasteiger partial charge in [-0.15, -0.1) is 0 Å². The molecule has 0 bridgehead atoms. The van der Waals surface area contributed by atoms with Crippen LogP contribution in [-0.4, -0.2) is 54.3 Å². The fraction of sp³-hybridized carbons (Fsp3) is 0.556. The van der Waals surface area contributed by atoms with E-state index in [0.717, 1.165) is 0 Å². The Morgan fingerprint density at radius 2 is 1.53 bits per heavy atom. The normalized spacial score (nSPS) is 15.8. The summed E-state index contributed by atoms with van der Waals surface area (Å²) in [6.07, 6.45) is -11.1. The van der Waals surface area contributed by atoms with E-state index in [0.29, 0.717) is 0 Å². The van der Waals surface area contributed by atoms with Crippen molar-refractivity contribution in [1.82, 2.24) is 10.6 Å². The zero-order valence-corrected chi connectivity index (χ0v) is 17.1. The highest BCUT2D eigenvalue weighted by Crippen LogP contribution is 2.33. The van der Waals surface area contributed by atoms with Crippen LogP contribution in [0.3, 0.4) is 0 Å². The van der Waals surface area contributed by atoms with Crippen molar-refractivity contribution in [2.24, 2.45) is 0 Å². The van der Waals surface area contributed by atoms with Crippen molar-refractivity contribution >= 4 is 23.2 Å². The van der Waals surface area contributed by atoms with E-state index in [9.17, 15) is 46.0 Å². The lowest BCUT2D eigenvalue weighted by Crippen LogP contribution is -2.63. The molecule has 32 heavy (non-hydrogen) atoms. The molecule has 1 aliphatic rings. The molecule has 1 aromatic rings. The van der Waals surface area contributed by atoms with Crippen molar-refractivity contribution in [2.75, 3.05) is 24.5 Å². The molecule has 14 heteroatoms. The summed E-state index contributed by atoms with van der Waals surface area (Å²) in [5.74, 6) is -4.72. The van der Waals surface area contributed by atoms with E-state index in [1.165, 1.54) is 34.5 Å². The third-order valence-electron chi connectivity index (χ3n) is 4.62. The maximum Gasteiger partial charge on any atom is 0.471 e. The van der Waals surface area contributed by atoms with Crippen LogP contribution in [0.5, 0.6) is 0 Å². The van der Waals surface area contributed by atoms with Crippen molar-refractivity contribution in [3.05, 3.63) is 34.4 Å². The predicted octanol–water partition coefficient (Wildman–Crippen LogP) is 3.32. The van der Waals surface area contributed by atoms with Gasteiger partial charge in [0.15, 0.2) is 0 Å². The smallest absolute Gasteiger partial charge is 0.366 e. The number of benzene rings is 1. The van der Waals surface area contributed by atoms with Crippen LogP contribution in [0.2, 0.25) is 0 Å². The SMILES string of the molecule is CC.O=C(NCC1(NC(=O)C(F)(F)F)CCN(c2ccccc2[N+](=O)[O-])CC1)C(F)(F)F. The number of nitrogens with zero attached hydrogens (tertiary/aromatic N) is 2. The van der Waals surface area contributed by atoms with E-state index in [1.54, 1.807) is 5.32 Å². The zero-order chi connectivity index (χ0) is 24.7. The van der Waals surface area contributed by atoms with Crippen molar-refractivity contribution in [2.45, 2.75) is 44.6 Å². The zero-order valence-electron chi connectivity index (χ0n) is 17.1. The highest BCUT2D eigenvalue weighted by Gasteiger charge is 2.47. The molecular formula is C18H22F6N4O4. The first-order valence-electron chi connectivity index (χ1n) is 9.48. The summed E-state index contributed by atoms with van der Waals surface area (Å²) < 4.78 is 75.3. The van der Waals surface area contributed by atoms with Gasteiger partial charge in [-0.2, -0.15) is 26.3 Å². The summed E-state index contributed by atoms with van der Waals surface area (Å²) in [6.45, 7) is 2.90. The summed E-state index contributed by atoms with van der Waals surface area (Å²) in [4.78, 5) is 34.5. The lowest BCUT2D eigenvalue weighted by Gasteiger charge is -2.43. The number of nitro benzene ring substituents is 1. The molecule has 1 heterocycles. The number of hydrogen-bond donors (Lipinski definition) is 2. The Balaban J connectivity index is 0.00000249. The van der Waals surface area contributed by atoms with Gasteiger partial charge >= 0.3 is 24.2 Å². The van der Waals surface area contributed by atoms with Crippen LogP contribution < -0.4 is 15.5 Å². The predicted molar refractivity (Wildman–Crippen MR) is 102 cm³/mol. The van der Waals surface area contributed by atoms with E-state index in [4.69, 9.17) is 0 Å². The van der Waals surface area contributed by atoms with Crippen LogP contribution >= 0.6 is 0 Å². The summed E-state index contributed by atoms with van der Waals surface area (Å²) in [7, 11) is 0. The number of hydrogen-bond acceptors (Lipinski definition) is 5. The number of anilines is 1. The Bertz CT molecular complexity index is 820. The third-order valence-corrected chi connectivity index (χ3v) is 4.62. The summed E-state index contributed by atoms with van der Waals surface area (Å²) in [6, 6.07) is 5.59. The van der Waals surface area contributed by atoms with Gasteiger partial charge in [0, 0.05) is 25.7 Å². The molecule has 0 saturated carbocycles. The largest absolute Gasteiger partial charge is 0.471 e. The number of alkyl halides is 6. The molecule has 1 aromatic carbocycles. The second kappa shape index (κ2) is 10.5.